The number of hydrogen-bond acceptors (Lipinski definition) is 4. The topological polar surface area (TPSA) is 51.5 Å². The summed E-state index contributed by atoms with van der Waals surface area (Å²) < 4.78 is 6.29. The van der Waals surface area contributed by atoms with Crippen LogP contribution in [0.1, 0.15) is 12.6 Å². The molecule has 0 aliphatic carbocycles. The van der Waals surface area contributed by atoms with Crippen molar-refractivity contribution in [2.45, 2.75) is 6.92 Å². The van der Waals surface area contributed by atoms with Crippen molar-refractivity contribution in [3.05, 3.63) is 54.4 Å². The Morgan fingerprint density at radius 3 is 2.68 bits per heavy atom. The third-order valence-electron chi connectivity index (χ3n) is 2.41. The van der Waals surface area contributed by atoms with Gasteiger partial charge in [-0.3, -0.25) is 0 Å². The van der Waals surface area contributed by atoms with Crippen LogP contribution in [0.4, 0.5) is 5.69 Å². The fraction of sp³-hybridized carbons (Fsp3) is 0.0714. The van der Waals surface area contributed by atoms with Crippen molar-refractivity contribution in [2.75, 3.05) is 0 Å². The number of rotatable bonds is 4. The van der Waals surface area contributed by atoms with Gasteiger partial charge in [0.05, 0.1) is 0 Å². The second-order valence-corrected chi connectivity index (χ2v) is 9.38. The standard InChI is InChI=1S/C12H9N2.C2H4O2.Hg/c1-2-6-11(7-3-1)14-10-12-8-4-5-9-13-12;1-2(3)4;/h2-10H;1H3,(H,3,4);/q;;+1/p-1. The summed E-state index contributed by atoms with van der Waals surface area (Å²) in [6.45, 7) is 1.45. The van der Waals surface area contributed by atoms with Crippen LogP contribution in [0, 0.1) is 0 Å². The van der Waals surface area contributed by atoms with Crippen LogP contribution in [0.25, 0.3) is 0 Å². The Morgan fingerprint density at radius 1 is 1.26 bits per heavy atom. The van der Waals surface area contributed by atoms with Crippen LogP contribution >= 0.6 is 0 Å². The molecule has 4 nitrogen and oxygen atoms in total. The first-order valence-corrected chi connectivity index (χ1v) is 10.9. The van der Waals surface area contributed by atoms with Gasteiger partial charge in [0.25, 0.3) is 0 Å². The third kappa shape index (κ3) is 4.91. The summed E-state index contributed by atoms with van der Waals surface area (Å²) in [7, 11) is 0. The average molecular weight is 441 g/mol. The molecule has 19 heavy (non-hydrogen) atoms. The van der Waals surface area contributed by atoms with E-state index < -0.39 is 25.0 Å². The van der Waals surface area contributed by atoms with E-state index in [2.05, 4.69) is 9.98 Å². The van der Waals surface area contributed by atoms with E-state index in [0.29, 0.717) is 0 Å². The van der Waals surface area contributed by atoms with Gasteiger partial charge in [-0.15, -0.1) is 0 Å². The Labute approximate surface area is 124 Å². The number of aliphatic imine (C=N–C) groups is 1. The maximum atomic E-state index is 10.7. The minimum absolute atomic E-state index is 0.182. The van der Waals surface area contributed by atoms with E-state index >= 15 is 0 Å². The van der Waals surface area contributed by atoms with Gasteiger partial charge in [-0.05, 0) is 0 Å². The van der Waals surface area contributed by atoms with E-state index in [4.69, 9.17) is 2.64 Å². The van der Waals surface area contributed by atoms with Gasteiger partial charge < -0.3 is 0 Å². The number of pyridine rings is 1. The van der Waals surface area contributed by atoms with E-state index in [1.54, 1.807) is 12.4 Å². The van der Waals surface area contributed by atoms with Gasteiger partial charge in [0.2, 0.25) is 0 Å². The Morgan fingerprint density at radius 2 is 2.05 bits per heavy atom. The molecule has 0 N–H and O–H groups in total. The predicted molar refractivity (Wildman–Crippen MR) is 69.3 cm³/mol. The number of hydrogen-bond donors (Lipinski definition) is 0. The molecule has 0 radical (unpaired) electrons. The minimum atomic E-state index is -1.70. The van der Waals surface area contributed by atoms with Crippen molar-refractivity contribution < 1.29 is 32.5 Å². The van der Waals surface area contributed by atoms with Crippen LogP contribution in [0.15, 0.2) is 53.7 Å². The van der Waals surface area contributed by atoms with Crippen LogP contribution < -0.4 is 3.07 Å². The van der Waals surface area contributed by atoms with Gasteiger partial charge in [0.15, 0.2) is 0 Å². The summed E-state index contributed by atoms with van der Waals surface area (Å²) in [5.41, 5.74) is 1.69. The molecule has 5 heteroatoms. The summed E-state index contributed by atoms with van der Waals surface area (Å²) in [5, 5.41) is 0. The molecule has 0 fully saturated rings. The Hall–Kier alpha value is -1.55. The molecule has 1 aromatic heterocycles. The molecule has 0 saturated carbocycles. The molecule has 2 aromatic rings. The van der Waals surface area contributed by atoms with Gasteiger partial charge >= 0.3 is 125 Å². The van der Waals surface area contributed by atoms with Crippen molar-refractivity contribution in [1.29, 1.82) is 0 Å². The van der Waals surface area contributed by atoms with Gasteiger partial charge in [-0.1, -0.05) is 0 Å². The molecule has 0 saturated heterocycles. The Bertz CT molecular complexity index is 568. The molecular formula is C14H12HgN2O2. The summed E-state index contributed by atoms with van der Waals surface area (Å²) in [4.78, 5) is 19.3. The first-order chi connectivity index (χ1) is 9.24. The van der Waals surface area contributed by atoms with Crippen LogP contribution in [-0.2, 0) is 32.5 Å². The molecule has 0 bridgehead atoms. The number of benzene rings is 1. The van der Waals surface area contributed by atoms with E-state index in [1.165, 1.54) is 6.92 Å². The van der Waals surface area contributed by atoms with E-state index in [-0.39, 0.29) is 5.97 Å². The van der Waals surface area contributed by atoms with Crippen LogP contribution in [-0.4, -0.2) is 17.2 Å². The van der Waals surface area contributed by atoms with Gasteiger partial charge in [0, 0.05) is 0 Å². The average Bonchev–Trinajstić information content (AvgIpc) is 2.45. The first-order valence-electron chi connectivity index (χ1n) is 5.91. The fourth-order valence-electron chi connectivity index (χ4n) is 1.46. The number of nitrogens with zero attached hydrogens (tertiary/aromatic N) is 2. The molecule has 0 spiro atoms. The molecule has 0 unspecified atom stereocenters. The molecule has 1 heterocycles. The summed E-state index contributed by atoms with van der Waals surface area (Å²) in [6.07, 6.45) is 3.46. The van der Waals surface area contributed by atoms with Crippen molar-refractivity contribution in [3.63, 3.8) is 0 Å². The van der Waals surface area contributed by atoms with Crippen LogP contribution in [0.3, 0.4) is 0 Å². The predicted octanol–water partition coefficient (Wildman–Crippen LogP) is 2.02. The molecule has 2 rings (SSSR count). The summed E-state index contributed by atoms with van der Waals surface area (Å²) in [5.74, 6) is -0.182. The quantitative estimate of drug-likeness (QED) is 0.540. The van der Waals surface area contributed by atoms with Crippen molar-refractivity contribution in [1.82, 2.24) is 4.98 Å². The number of carbonyl (C=O) groups excluding carboxylic acids is 1. The normalized spacial score (nSPS) is 10.2. The monoisotopic (exact) mass is 442 g/mol. The zero-order valence-electron chi connectivity index (χ0n) is 10.6. The van der Waals surface area contributed by atoms with Crippen LogP contribution in [0.5, 0.6) is 0 Å². The molecule has 1 aromatic carbocycles. The zero-order chi connectivity index (χ0) is 13.5. The van der Waals surface area contributed by atoms with Gasteiger partial charge in [0.1, 0.15) is 0 Å². The van der Waals surface area contributed by atoms with Crippen molar-refractivity contribution in [3.8, 4) is 0 Å². The third-order valence-corrected chi connectivity index (χ3v) is 7.68. The molecule has 0 aliphatic rings. The molecule has 92 valence electrons. The first kappa shape index (κ1) is 13.9. The Kier molecular flexibility index (Phi) is 5.21. The zero-order valence-corrected chi connectivity index (χ0v) is 16.1. The molecule has 0 aliphatic heterocycles. The van der Waals surface area contributed by atoms with Crippen molar-refractivity contribution >= 4 is 20.9 Å². The molecular weight excluding hydrogens is 429 g/mol. The maximum absolute atomic E-state index is 10.7. The Balaban J connectivity index is 1.99. The number of carbonyl (C=O) groups is 1. The van der Waals surface area contributed by atoms with E-state index in [1.807, 2.05) is 42.5 Å². The number of aromatic nitrogens is 1. The van der Waals surface area contributed by atoms with Crippen LogP contribution in [0.2, 0.25) is 0 Å². The second kappa shape index (κ2) is 7.14. The molecule has 0 amide bonds. The van der Waals surface area contributed by atoms with Gasteiger partial charge in [-0.25, -0.2) is 0 Å². The fourth-order valence-corrected chi connectivity index (χ4v) is 4.56. The molecule has 0 atom stereocenters. The van der Waals surface area contributed by atoms with E-state index in [9.17, 15) is 4.79 Å². The van der Waals surface area contributed by atoms with E-state index in [0.717, 1.165) is 14.5 Å². The summed E-state index contributed by atoms with van der Waals surface area (Å²) in [6, 6.07) is 13.5. The van der Waals surface area contributed by atoms with Crippen molar-refractivity contribution in [2.24, 2.45) is 4.99 Å². The van der Waals surface area contributed by atoms with Gasteiger partial charge in [-0.2, -0.15) is 0 Å². The summed E-state index contributed by atoms with van der Waals surface area (Å²) >= 11 is -1.70. The second-order valence-electron chi connectivity index (χ2n) is 3.96. The SMILES string of the molecule is CC(=O)[O][Hg][c]1ccc(N=Cc2ccccn2)cc1.